The van der Waals surface area contributed by atoms with Crippen molar-refractivity contribution < 1.29 is 29.2 Å². The molecule has 162 valence electrons. The molecule has 0 spiro atoms. The molecule has 1 fully saturated rings. The molecule has 0 bridgehead atoms. The van der Waals surface area contributed by atoms with Gasteiger partial charge in [0.1, 0.15) is 12.3 Å². The monoisotopic (exact) mass is 428 g/mol. The molecule has 1 saturated heterocycles. The smallest absolute Gasteiger partial charge is 0.534 e. The highest BCUT2D eigenvalue weighted by Crippen LogP contribution is 2.30. The zero-order valence-electron chi connectivity index (χ0n) is 16.4. The molecule has 0 saturated carbocycles. The predicted octanol–water partition coefficient (Wildman–Crippen LogP) is -1.79. The van der Waals surface area contributed by atoms with Gasteiger partial charge in [0.05, 0.1) is 17.7 Å². The molecule has 2 amide bonds. The van der Waals surface area contributed by atoms with Gasteiger partial charge in [-0.15, -0.1) is 5.10 Å². The molecule has 2 aliphatic rings. The third-order valence-electron chi connectivity index (χ3n) is 5.17. The van der Waals surface area contributed by atoms with Crippen molar-refractivity contribution >= 4 is 24.9 Å². The molecule has 3 heterocycles. The van der Waals surface area contributed by atoms with Gasteiger partial charge in [-0.25, -0.2) is 9.48 Å². The van der Waals surface area contributed by atoms with E-state index >= 15 is 0 Å². The first-order chi connectivity index (χ1) is 14.9. The second-order valence-electron chi connectivity index (χ2n) is 7.45. The van der Waals surface area contributed by atoms with E-state index in [-0.39, 0.29) is 41.9 Å². The number of rotatable bonds is 6. The van der Waals surface area contributed by atoms with Crippen LogP contribution in [0.1, 0.15) is 32.8 Å². The van der Waals surface area contributed by atoms with Crippen LogP contribution in [0.2, 0.25) is 0 Å². The maximum absolute atomic E-state index is 12.4. The van der Waals surface area contributed by atoms with Crippen LogP contribution in [-0.4, -0.2) is 75.1 Å². The number of carboxylic acids is 1. The van der Waals surface area contributed by atoms with Crippen LogP contribution in [-0.2, 0) is 17.8 Å². The van der Waals surface area contributed by atoms with Crippen LogP contribution >= 0.6 is 0 Å². The fourth-order valence-corrected chi connectivity index (χ4v) is 3.63. The molecule has 0 unspecified atom stereocenters. The van der Waals surface area contributed by atoms with E-state index in [1.807, 2.05) is 0 Å². The minimum absolute atomic E-state index is 0.0401. The summed E-state index contributed by atoms with van der Waals surface area (Å²) in [7, 11) is -1.41. The normalized spacial score (nSPS) is 20.0. The van der Waals surface area contributed by atoms with Gasteiger partial charge in [0.25, 0.3) is 5.91 Å². The Morgan fingerprint density at radius 2 is 2.16 bits per heavy atom. The van der Waals surface area contributed by atoms with Crippen molar-refractivity contribution in [1.82, 2.24) is 30.9 Å². The topological polar surface area (TPSA) is 168 Å². The fraction of sp³-hybridized carbons (Fsp3) is 0.389. The van der Waals surface area contributed by atoms with Gasteiger partial charge in [-0.05, 0) is 31.0 Å². The summed E-state index contributed by atoms with van der Waals surface area (Å²) < 4.78 is 6.58. The lowest BCUT2D eigenvalue weighted by Gasteiger charge is -2.28. The highest BCUT2D eigenvalue weighted by molar-refractivity contribution is 6.47. The molecule has 12 nitrogen and oxygen atoms in total. The Bertz CT molecular complexity index is 1010. The van der Waals surface area contributed by atoms with Gasteiger partial charge >= 0.3 is 13.1 Å². The van der Waals surface area contributed by atoms with Crippen molar-refractivity contribution in [2.24, 2.45) is 0 Å². The highest BCUT2D eigenvalue weighted by atomic mass is 16.5. The molecule has 13 heteroatoms. The second-order valence-corrected chi connectivity index (χ2v) is 7.45. The average molecular weight is 428 g/mol. The van der Waals surface area contributed by atoms with Crippen LogP contribution in [0.25, 0.3) is 0 Å². The van der Waals surface area contributed by atoms with Gasteiger partial charge in [0.15, 0.2) is 5.69 Å². The van der Waals surface area contributed by atoms with Crippen LogP contribution in [0.4, 0.5) is 0 Å². The lowest BCUT2D eigenvalue weighted by atomic mass is 9.72. The number of carboxylic acid groups (broad SMARTS) is 1. The van der Waals surface area contributed by atoms with Crippen LogP contribution in [0.5, 0.6) is 5.75 Å². The number of carbonyl (C=O) groups is 3. The van der Waals surface area contributed by atoms with Crippen molar-refractivity contribution in [3.05, 3.63) is 41.2 Å². The number of hydrogen-bond donors (Lipinski definition) is 5. The summed E-state index contributed by atoms with van der Waals surface area (Å²) in [6.07, 6.45) is 2.41. The maximum Gasteiger partial charge on any atom is 0.547 e. The largest absolute Gasteiger partial charge is 0.547 e. The molecule has 31 heavy (non-hydrogen) atoms. The van der Waals surface area contributed by atoms with E-state index in [2.05, 4.69) is 26.3 Å². The number of nitrogens with one attached hydrogen (secondary N) is 3. The summed E-state index contributed by atoms with van der Waals surface area (Å²) in [5, 5.41) is 35.7. The number of nitrogens with zero attached hydrogens (tertiary/aromatic N) is 3. The summed E-state index contributed by atoms with van der Waals surface area (Å²) in [4.78, 5) is 35.9. The van der Waals surface area contributed by atoms with Gasteiger partial charge in [-0.1, -0.05) is 17.3 Å². The molecule has 5 N–H and O–H groups in total. The molecule has 2 atom stereocenters. The van der Waals surface area contributed by atoms with Gasteiger partial charge in [0.2, 0.25) is 5.91 Å². The molecular formula is C18H21BN6O6. The minimum atomic E-state index is -1.41. The molecule has 0 aliphatic carbocycles. The van der Waals surface area contributed by atoms with Crippen molar-refractivity contribution in [2.75, 3.05) is 13.1 Å². The van der Waals surface area contributed by atoms with Gasteiger partial charge in [0, 0.05) is 12.6 Å². The first kappa shape index (κ1) is 20.8. The zero-order valence-corrected chi connectivity index (χ0v) is 16.4. The number of carbonyl (C=O) groups excluding carboxylic acids is 2. The Hall–Kier alpha value is -3.45. The highest BCUT2D eigenvalue weighted by Gasteiger charge is 2.37. The molecule has 2 aliphatic heterocycles. The quantitative estimate of drug-likeness (QED) is 0.334. The SMILES string of the molecule is O=C(Cn1cc(C(=O)N[C@@H]2CCNC2)nn1)N[C@H]1Cc2cccc(C(=O)O)c2OB1O. The van der Waals surface area contributed by atoms with Crippen molar-refractivity contribution in [3.8, 4) is 5.75 Å². The van der Waals surface area contributed by atoms with Gasteiger partial charge < -0.3 is 30.7 Å². The van der Waals surface area contributed by atoms with E-state index in [1.165, 1.54) is 16.9 Å². The first-order valence-corrected chi connectivity index (χ1v) is 9.81. The number of fused-ring (bicyclic) bond motifs is 1. The predicted molar refractivity (Wildman–Crippen MR) is 106 cm³/mol. The average Bonchev–Trinajstić information content (AvgIpc) is 3.40. The molecule has 0 radical (unpaired) electrons. The fourth-order valence-electron chi connectivity index (χ4n) is 3.63. The summed E-state index contributed by atoms with van der Waals surface area (Å²) in [6.45, 7) is 1.33. The summed E-state index contributed by atoms with van der Waals surface area (Å²) in [5.74, 6) is -2.67. The maximum atomic E-state index is 12.4. The van der Waals surface area contributed by atoms with E-state index in [9.17, 15) is 24.5 Å². The van der Waals surface area contributed by atoms with Crippen LogP contribution in [0, 0.1) is 0 Å². The number of aromatic nitrogens is 3. The Labute approximate surface area is 177 Å². The Morgan fingerprint density at radius 1 is 1.32 bits per heavy atom. The second kappa shape index (κ2) is 8.74. The third-order valence-corrected chi connectivity index (χ3v) is 5.17. The summed E-state index contributed by atoms with van der Waals surface area (Å²) in [5.41, 5.74) is 0.621. The van der Waals surface area contributed by atoms with E-state index in [0.29, 0.717) is 12.1 Å². The van der Waals surface area contributed by atoms with Crippen molar-refractivity contribution in [1.29, 1.82) is 0 Å². The first-order valence-electron chi connectivity index (χ1n) is 9.81. The summed E-state index contributed by atoms with van der Waals surface area (Å²) in [6, 6.07) is 4.67. The van der Waals surface area contributed by atoms with E-state index in [1.54, 1.807) is 12.1 Å². The third kappa shape index (κ3) is 4.67. The van der Waals surface area contributed by atoms with E-state index in [4.69, 9.17) is 4.65 Å². The molecule has 1 aromatic carbocycles. The molecular weight excluding hydrogens is 407 g/mol. The van der Waals surface area contributed by atoms with E-state index < -0.39 is 24.9 Å². The number of para-hydroxylation sites is 1. The molecule has 2 aromatic rings. The van der Waals surface area contributed by atoms with Crippen LogP contribution < -0.4 is 20.6 Å². The van der Waals surface area contributed by atoms with Crippen LogP contribution in [0.3, 0.4) is 0 Å². The Morgan fingerprint density at radius 3 is 2.90 bits per heavy atom. The van der Waals surface area contributed by atoms with Crippen molar-refractivity contribution in [2.45, 2.75) is 31.4 Å². The Kier molecular flexibility index (Phi) is 5.87. The van der Waals surface area contributed by atoms with Gasteiger partial charge in [-0.2, -0.15) is 0 Å². The zero-order chi connectivity index (χ0) is 22.0. The van der Waals surface area contributed by atoms with E-state index in [0.717, 1.165) is 13.0 Å². The number of hydrogen-bond acceptors (Lipinski definition) is 8. The Balaban J connectivity index is 1.35. The lowest BCUT2D eigenvalue weighted by Crippen LogP contribution is -2.53. The number of aromatic carboxylic acids is 1. The number of benzene rings is 1. The molecule has 4 rings (SSSR count). The van der Waals surface area contributed by atoms with Crippen LogP contribution in [0.15, 0.2) is 24.4 Å². The minimum Gasteiger partial charge on any atom is -0.534 e. The number of amides is 2. The standard InChI is InChI=1S/C18H21BN6O6/c26-15(9-25-8-13(23-24-25)17(27)21-11-4-5-20-7-11)22-14-6-10-2-1-3-12(18(28)29)16(10)31-19(14)30/h1-3,8,11,14,20,30H,4-7,9H2,(H,21,27)(H,22,26)(H,28,29)/t11-,14+/m1/s1. The van der Waals surface area contributed by atoms with Gasteiger partial charge in [-0.3, -0.25) is 9.59 Å². The lowest BCUT2D eigenvalue weighted by molar-refractivity contribution is -0.122. The summed E-state index contributed by atoms with van der Waals surface area (Å²) >= 11 is 0. The molecule has 1 aromatic heterocycles. The van der Waals surface area contributed by atoms with Crippen molar-refractivity contribution in [3.63, 3.8) is 0 Å².